The maximum atomic E-state index is 12.9. The van der Waals surface area contributed by atoms with E-state index >= 15 is 0 Å². The third-order valence-corrected chi connectivity index (χ3v) is 9.15. The van der Waals surface area contributed by atoms with Crippen LogP contribution in [0.1, 0.15) is 51.4 Å². The van der Waals surface area contributed by atoms with Crippen LogP contribution < -0.4 is 19.3 Å². The monoisotopic (exact) mass is 564 g/mol. The van der Waals surface area contributed by atoms with Crippen molar-refractivity contribution in [2.75, 3.05) is 9.80 Å². The molecule has 3 aromatic rings. The number of carbonyl (C=O) groups is 4. The van der Waals surface area contributed by atoms with Crippen LogP contribution in [0.5, 0.6) is 23.0 Å². The highest BCUT2D eigenvalue weighted by molar-refractivity contribution is 6.22. The molecule has 4 fully saturated rings. The van der Waals surface area contributed by atoms with E-state index in [1.807, 2.05) is 18.2 Å². The van der Waals surface area contributed by atoms with Gasteiger partial charge in [0.05, 0.1) is 35.0 Å². The normalized spacial score (nSPS) is 25.4. The van der Waals surface area contributed by atoms with E-state index in [0.717, 1.165) is 51.4 Å². The molecule has 214 valence electrons. The van der Waals surface area contributed by atoms with Crippen LogP contribution in [0.2, 0.25) is 0 Å². The molecule has 7 rings (SSSR count). The van der Waals surface area contributed by atoms with E-state index in [4.69, 9.17) is 9.47 Å². The van der Waals surface area contributed by atoms with Crippen LogP contribution in [0.15, 0.2) is 72.8 Å². The lowest BCUT2D eigenvalue weighted by molar-refractivity contribution is -0.124. The van der Waals surface area contributed by atoms with E-state index in [9.17, 15) is 19.2 Å². The molecule has 2 aliphatic carbocycles. The Kier molecular flexibility index (Phi) is 6.76. The Morgan fingerprint density at radius 2 is 0.786 bits per heavy atom. The summed E-state index contributed by atoms with van der Waals surface area (Å²) in [5, 5.41) is 0. The van der Waals surface area contributed by atoms with Crippen molar-refractivity contribution in [3.8, 4) is 23.0 Å². The second-order valence-corrected chi connectivity index (χ2v) is 11.7. The predicted octanol–water partition coefficient (Wildman–Crippen LogP) is 6.63. The highest BCUT2D eigenvalue weighted by atomic mass is 16.5. The minimum atomic E-state index is -0.185. The Morgan fingerprint density at radius 3 is 1.12 bits per heavy atom. The molecule has 0 aromatic heterocycles. The van der Waals surface area contributed by atoms with Gasteiger partial charge in [-0.25, -0.2) is 0 Å². The van der Waals surface area contributed by atoms with Gasteiger partial charge in [-0.3, -0.25) is 29.0 Å². The Hall–Kier alpha value is -4.46. The second-order valence-electron chi connectivity index (χ2n) is 11.7. The average Bonchev–Trinajstić information content (AvgIpc) is 3.43. The largest absolute Gasteiger partial charge is 0.457 e. The molecule has 3 aromatic carbocycles. The van der Waals surface area contributed by atoms with Gasteiger partial charge in [-0.05, 0) is 86.3 Å². The zero-order valence-corrected chi connectivity index (χ0v) is 23.2. The minimum absolute atomic E-state index is 0.0899. The number of fused-ring (bicyclic) bond motifs is 2. The van der Waals surface area contributed by atoms with Gasteiger partial charge in [-0.2, -0.15) is 0 Å². The average molecular weight is 565 g/mol. The Bertz CT molecular complexity index is 1390. The first kappa shape index (κ1) is 26.4. The van der Waals surface area contributed by atoms with E-state index in [2.05, 4.69) is 0 Å². The summed E-state index contributed by atoms with van der Waals surface area (Å²) in [6.07, 6.45) is 7.13. The Morgan fingerprint density at radius 1 is 0.452 bits per heavy atom. The highest BCUT2D eigenvalue weighted by Gasteiger charge is 2.49. The van der Waals surface area contributed by atoms with Gasteiger partial charge in [-0.1, -0.05) is 31.7 Å². The fraction of sp³-hybridized carbons (Fsp3) is 0.353. The lowest BCUT2D eigenvalue weighted by atomic mass is 9.81. The zero-order valence-electron chi connectivity index (χ0n) is 23.2. The summed E-state index contributed by atoms with van der Waals surface area (Å²) in [5.41, 5.74) is 1.15. The number of hydrogen-bond acceptors (Lipinski definition) is 6. The summed E-state index contributed by atoms with van der Waals surface area (Å²) in [6, 6.07) is 21.2. The summed E-state index contributed by atoms with van der Waals surface area (Å²) >= 11 is 0. The van der Waals surface area contributed by atoms with Crippen molar-refractivity contribution in [2.45, 2.75) is 51.4 Å². The molecule has 4 unspecified atom stereocenters. The molecule has 0 radical (unpaired) electrons. The molecule has 2 saturated heterocycles. The van der Waals surface area contributed by atoms with Crippen LogP contribution >= 0.6 is 0 Å². The first-order valence-corrected chi connectivity index (χ1v) is 14.9. The SMILES string of the molecule is O=C1C2CCCCC2C(=O)N1c1ccc(Oc2cccc(Oc3ccc(N4C(=O)C5CCCCC5C4=O)cc3)c2)cc1. The number of benzene rings is 3. The smallest absolute Gasteiger partial charge is 0.237 e. The molecule has 8 nitrogen and oxygen atoms in total. The van der Waals surface area contributed by atoms with E-state index < -0.39 is 0 Å². The molecule has 4 atom stereocenters. The number of imide groups is 2. The number of carbonyl (C=O) groups excluding carboxylic acids is 4. The van der Waals surface area contributed by atoms with Gasteiger partial charge in [0.15, 0.2) is 0 Å². The summed E-state index contributed by atoms with van der Waals surface area (Å²) in [4.78, 5) is 54.3. The fourth-order valence-electron chi connectivity index (χ4n) is 7.03. The standard InChI is InChI=1S/C34H32N2O6/c37-31-27-8-1-2-9-28(27)32(38)35(31)21-12-16-23(17-13-21)41-25-6-5-7-26(20-25)42-24-18-14-22(15-19-24)36-33(39)29-10-3-4-11-30(29)34(36)40/h5-7,12-20,27-30H,1-4,8-11H2. The molecule has 0 bridgehead atoms. The number of nitrogens with zero attached hydrogens (tertiary/aromatic N) is 2. The third kappa shape index (κ3) is 4.65. The first-order chi connectivity index (χ1) is 20.5. The third-order valence-electron chi connectivity index (χ3n) is 9.15. The van der Waals surface area contributed by atoms with Gasteiger partial charge in [0, 0.05) is 6.07 Å². The van der Waals surface area contributed by atoms with Crippen molar-refractivity contribution in [3.63, 3.8) is 0 Å². The maximum absolute atomic E-state index is 12.9. The van der Waals surface area contributed by atoms with Gasteiger partial charge >= 0.3 is 0 Å². The molecule has 2 heterocycles. The van der Waals surface area contributed by atoms with Crippen molar-refractivity contribution in [3.05, 3.63) is 72.8 Å². The quantitative estimate of drug-likeness (QED) is 0.312. The van der Waals surface area contributed by atoms with E-state index in [1.165, 1.54) is 9.80 Å². The van der Waals surface area contributed by atoms with Crippen LogP contribution in [0.25, 0.3) is 0 Å². The second kappa shape index (κ2) is 10.7. The lowest BCUT2D eigenvalue weighted by Crippen LogP contribution is -2.30. The summed E-state index contributed by atoms with van der Waals surface area (Å²) in [7, 11) is 0. The van der Waals surface area contributed by atoms with Gasteiger partial charge in [-0.15, -0.1) is 0 Å². The first-order valence-electron chi connectivity index (χ1n) is 14.9. The molecular weight excluding hydrogens is 532 g/mol. The van der Waals surface area contributed by atoms with Crippen molar-refractivity contribution >= 4 is 35.0 Å². The van der Waals surface area contributed by atoms with Gasteiger partial charge < -0.3 is 9.47 Å². The van der Waals surface area contributed by atoms with Crippen LogP contribution in [-0.2, 0) is 19.2 Å². The Balaban J connectivity index is 1.00. The highest BCUT2D eigenvalue weighted by Crippen LogP contribution is 2.42. The Labute approximate surface area is 244 Å². The molecule has 8 heteroatoms. The molecule has 2 saturated carbocycles. The molecule has 4 aliphatic rings. The predicted molar refractivity (Wildman–Crippen MR) is 155 cm³/mol. The van der Waals surface area contributed by atoms with E-state index in [1.54, 1.807) is 54.6 Å². The van der Waals surface area contributed by atoms with Gasteiger partial charge in [0.25, 0.3) is 0 Å². The topological polar surface area (TPSA) is 93.2 Å². The minimum Gasteiger partial charge on any atom is -0.457 e. The lowest BCUT2D eigenvalue weighted by Gasteiger charge is -2.19. The number of amides is 4. The summed E-state index contributed by atoms with van der Waals surface area (Å²) in [5.74, 6) is 1.16. The number of ether oxygens (including phenoxy) is 2. The molecule has 42 heavy (non-hydrogen) atoms. The number of rotatable bonds is 6. The van der Waals surface area contributed by atoms with Crippen molar-refractivity contribution in [1.29, 1.82) is 0 Å². The molecule has 2 aliphatic heterocycles. The molecular formula is C34H32N2O6. The summed E-state index contributed by atoms with van der Waals surface area (Å²) < 4.78 is 12.1. The van der Waals surface area contributed by atoms with Crippen LogP contribution in [0.3, 0.4) is 0 Å². The fourth-order valence-corrected chi connectivity index (χ4v) is 7.03. The van der Waals surface area contributed by atoms with Gasteiger partial charge in [0.2, 0.25) is 23.6 Å². The number of hydrogen-bond donors (Lipinski definition) is 0. The maximum Gasteiger partial charge on any atom is 0.237 e. The van der Waals surface area contributed by atoms with E-state index in [-0.39, 0.29) is 47.3 Å². The molecule has 0 spiro atoms. The van der Waals surface area contributed by atoms with Crippen molar-refractivity contribution in [2.24, 2.45) is 23.7 Å². The van der Waals surface area contributed by atoms with Crippen molar-refractivity contribution < 1.29 is 28.7 Å². The van der Waals surface area contributed by atoms with Crippen LogP contribution in [0, 0.1) is 23.7 Å². The van der Waals surface area contributed by atoms with E-state index in [0.29, 0.717) is 34.4 Å². The summed E-state index contributed by atoms with van der Waals surface area (Å²) in [6.45, 7) is 0. The number of anilines is 2. The van der Waals surface area contributed by atoms with Crippen LogP contribution in [-0.4, -0.2) is 23.6 Å². The zero-order chi connectivity index (χ0) is 28.8. The van der Waals surface area contributed by atoms with Crippen molar-refractivity contribution in [1.82, 2.24) is 0 Å². The van der Waals surface area contributed by atoms with Gasteiger partial charge in [0.1, 0.15) is 23.0 Å². The molecule has 4 amide bonds. The van der Waals surface area contributed by atoms with Crippen LogP contribution in [0.4, 0.5) is 11.4 Å². The molecule has 0 N–H and O–H groups in total.